The minimum absolute atomic E-state index is 0.151. The summed E-state index contributed by atoms with van der Waals surface area (Å²) >= 11 is 0. The quantitative estimate of drug-likeness (QED) is 0.784. The second-order valence-electron chi connectivity index (χ2n) is 8.07. The zero-order chi connectivity index (χ0) is 16.2. The SMILES string of the molecule is CC(C)(CN)CN(CC(C)(C)CN)C(=O)OC(C)(C)C. The van der Waals surface area contributed by atoms with Gasteiger partial charge >= 0.3 is 6.09 Å². The Morgan fingerprint density at radius 1 is 0.900 bits per heavy atom. The molecule has 0 spiro atoms. The summed E-state index contributed by atoms with van der Waals surface area (Å²) in [6, 6.07) is 0. The van der Waals surface area contributed by atoms with E-state index in [1.54, 1.807) is 4.90 Å². The molecular weight excluding hydrogens is 254 g/mol. The van der Waals surface area contributed by atoms with Crippen LogP contribution in [-0.4, -0.2) is 42.8 Å². The highest BCUT2D eigenvalue weighted by Gasteiger charge is 2.31. The molecule has 0 aliphatic rings. The molecule has 5 heteroatoms. The molecular formula is C15H33N3O2. The Balaban J connectivity index is 5.02. The van der Waals surface area contributed by atoms with Crippen molar-refractivity contribution >= 4 is 6.09 Å². The van der Waals surface area contributed by atoms with Crippen LogP contribution in [0.4, 0.5) is 4.79 Å². The van der Waals surface area contributed by atoms with E-state index in [1.807, 2.05) is 48.5 Å². The Morgan fingerprint density at radius 3 is 1.50 bits per heavy atom. The molecule has 5 nitrogen and oxygen atoms in total. The van der Waals surface area contributed by atoms with Crippen molar-refractivity contribution in [1.29, 1.82) is 0 Å². The molecule has 0 aromatic heterocycles. The number of amides is 1. The van der Waals surface area contributed by atoms with Crippen molar-refractivity contribution in [2.45, 2.75) is 54.1 Å². The maximum atomic E-state index is 12.4. The lowest BCUT2D eigenvalue weighted by molar-refractivity contribution is 0.0107. The van der Waals surface area contributed by atoms with E-state index in [2.05, 4.69) is 0 Å². The molecule has 120 valence electrons. The Kier molecular flexibility index (Phi) is 6.49. The fourth-order valence-corrected chi connectivity index (χ4v) is 1.67. The smallest absolute Gasteiger partial charge is 0.410 e. The van der Waals surface area contributed by atoms with E-state index >= 15 is 0 Å². The van der Waals surface area contributed by atoms with Crippen LogP contribution in [-0.2, 0) is 4.74 Å². The van der Waals surface area contributed by atoms with Crippen LogP contribution < -0.4 is 11.5 Å². The summed E-state index contributed by atoms with van der Waals surface area (Å²) in [5, 5.41) is 0. The predicted molar refractivity (Wildman–Crippen MR) is 83.5 cm³/mol. The Hall–Kier alpha value is -0.810. The van der Waals surface area contributed by atoms with Gasteiger partial charge in [0, 0.05) is 13.1 Å². The maximum Gasteiger partial charge on any atom is 0.410 e. The molecule has 20 heavy (non-hydrogen) atoms. The first-order valence-electron chi connectivity index (χ1n) is 7.20. The van der Waals surface area contributed by atoms with Crippen molar-refractivity contribution in [1.82, 2.24) is 4.90 Å². The highest BCUT2D eigenvalue weighted by molar-refractivity contribution is 5.68. The number of hydrogen-bond donors (Lipinski definition) is 2. The van der Waals surface area contributed by atoms with Gasteiger partial charge in [-0.1, -0.05) is 27.7 Å². The lowest BCUT2D eigenvalue weighted by Gasteiger charge is -2.37. The zero-order valence-electron chi connectivity index (χ0n) is 14.2. The molecule has 0 aromatic rings. The summed E-state index contributed by atoms with van der Waals surface area (Å²) in [6.45, 7) is 15.9. The summed E-state index contributed by atoms with van der Waals surface area (Å²) in [7, 11) is 0. The number of ether oxygens (including phenoxy) is 1. The van der Waals surface area contributed by atoms with Gasteiger partial charge in [-0.25, -0.2) is 4.79 Å². The number of carbonyl (C=O) groups excluding carboxylic acids is 1. The average molecular weight is 287 g/mol. The lowest BCUT2D eigenvalue weighted by Crippen LogP contribution is -2.49. The predicted octanol–water partition coefficient (Wildman–Crippen LogP) is 2.19. The highest BCUT2D eigenvalue weighted by Crippen LogP contribution is 2.22. The van der Waals surface area contributed by atoms with Gasteiger partial charge in [0.15, 0.2) is 0 Å². The van der Waals surface area contributed by atoms with Crippen molar-refractivity contribution in [3.05, 3.63) is 0 Å². The molecule has 0 aliphatic heterocycles. The van der Waals surface area contributed by atoms with Crippen LogP contribution in [0.25, 0.3) is 0 Å². The van der Waals surface area contributed by atoms with Crippen LogP contribution >= 0.6 is 0 Å². The van der Waals surface area contributed by atoms with Gasteiger partial charge in [-0.15, -0.1) is 0 Å². The van der Waals surface area contributed by atoms with Crippen LogP contribution in [0.1, 0.15) is 48.5 Å². The average Bonchev–Trinajstić information content (AvgIpc) is 2.25. The zero-order valence-corrected chi connectivity index (χ0v) is 14.2. The van der Waals surface area contributed by atoms with Gasteiger partial charge in [0.2, 0.25) is 0 Å². The van der Waals surface area contributed by atoms with Crippen molar-refractivity contribution in [3.63, 3.8) is 0 Å². The van der Waals surface area contributed by atoms with E-state index in [1.165, 1.54) is 0 Å². The Morgan fingerprint density at radius 2 is 1.25 bits per heavy atom. The van der Waals surface area contributed by atoms with Crippen LogP contribution in [0.15, 0.2) is 0 Å². The molecule has 0 aromatic carbocycles. The minimum Gasteiger partial charge on any atom is -0.444 e. The van der Waals surface area contributed by atoms with Gasteiger partial charge in [0.05, 0.1) is 0 Å². The van der Waals surface area contributed by atoms with Crippen molar-refractivity contribution in [2.75, 3.05) is 26.2 Å². The van der Waals surface area contributed by atoms with Crippen molar-refractivity contribution < 1.29 is 9.53 Å². The molecule has 1 amide bonds. The second kappa shape index (κ2) is 6.76. The van der Waals surface area contributed by atoms with E-state index < -0.39 is 5.60 Å². The van der Waals surface area contributed by atoms with E-state index in [0.717, 1.165) is 0 Å². The van der Waals surface area contributed by atoms with Crippen LogP contribution in [0.2, 0.25) is 0 Å². The summed E-state index contributed by atoms with van der Waals surface area (Å²) in [4.78, 5) is 14.1. The van der Waals surface area contributed by atoms with Gasteiger partial charge in [0.25, 0.3) is 0 Å². The first-order valence-corrected chi connectivity index (χ1v) is 7.20. The van der Waals surface area contributed by atoms with E-state index in [9.17, 15) is 4.79 Å². The molecule has 0 saturated heterocycles. The largest absolute Gasteiger partial charge is 0.444 e. The summed E-state index contributed by atoms with van der Waals surface area (Å²) in [5.41, 5.74) is 10.7. The summed E-state index contributed by atoms with van der Waals surface area (Å²) in [5.74, 6) is 0. The molecule has 0 radical (unpaired) electrons. The van der Waals surface area contributed by atoms with Crippen molar-refractivity contribution in [3.8, 4) is 0 Å². The minimum atomic E-state index is -0.505. The molecule has 0 aliphatic carbocycles. The molecule has 0 bridgehead atoms. The third-order valence-electron chi connectivity index (χ3n) is 2.99. The number of carbonyl (C=O) groups is 1. The molecule has 0 unspecified atom stereocenters. The van der Waals surface area contributed by atoms with Crippen LogP contribution in [0.3, 0.4) is 0 Å². The topological polar surface area (TPSA) is 81.6 Å². The number of nitrogens with zero attached hydrogens (tertiary/aromatic N) is 1. The van der Waals surface area contributed by atoms with E-state index in [-0.39, 0.29) is 16.9 Å². The first kappa shape index (κ1) is 19.2. The monoisotopic (exact) mass is 287 g/mol. The fraction of sp³-hybridized carbons (Fsp3) is 0.933. The van der Waals surface area contributed by atoms with Crippen LogP contribution in [0.5, 0.6) is 0 Å². The fourth-order valence-electron chi connectivity index (χ4n) is 1.67. The summed E-state index contributed by atoms with van der Waals surface area (Å²) in [6.07, 6.45) is -0.305. The van der Waals surface area contributed by atoms with Crippen LogP contribution in [0, 0.1) is 10.8 Å². The third kappa shape index (κ3) is 7.70. The summed E-state index contributed by atoms with van der Waals surface area (Å²) < 4.78 is 5.49. The molecule has 0 rings (SSSR count). The molecule has 0 saturated carbocycles. The van der Waals surface area contributed by atoms with Gasteiger partial charge in [-0.05, 0) is 44.7 Å². The highest BCUT2D eigenvalue weighted by atomic mass is 16.6. The van der Waals surface area contributed by atoms with E-state index in [0.29, 0.717) is 26.2 Å². The number of nitrogens with two attached hydrogens (primary N) is 2. The number of hydrogen-bond acceptors (Lipinski definition) is 4. The standard InChI is InChI=1S/C15H33N3O2/c1-13(2,3)20-12(19)18(10-14(4,5)8-16)11-15(6,7)9-17/h8-11,16-17H2,1-7H3. The normalized spacial score (nSPS) is 13.2. The van der Waals surface area contributed by atoms with Gasteiger partial charge in [-0.3, -0.25) is 0 Å². The molecule has 4 N–H and O–H groups in total. The lowest BCUT2D eigenvalue weighted by atomic mass is 9.89. The second-order valence-corrected chi connectivity index (χ2v) is 8.07. The third-order valence-corrected chi connectivity index (χ3v) is 2.99. The number of rotatable bonds is 6. The van der Waals surface area contributed by atoms with E-state index in [4.69, 9.17) is 16.2 Å². The first-order chi connectivity index (χ1) is 8.82. The maximum absolute atomic E-state index is 12.4. The van der Waals surface area contributed by atoms with Gasteiger partial charge in [0.1, 0.15) is 5.60 Å². The Bertz CT molecular complexity index is 302. The van der Waals surface area contributed by atoms with Gasteiger partial charge in [-0.2, -0.15) is 0 Å². The molecule has 0 heterocycles. The van der Waals surface area contributed by atoms with Gasteiger partial charge < -0.3 is 21.1 Å². The molecule has 0 fully saturated rings. The molecule has 0 atom stereocenters. The van der Waals surface area contributed by atoms with Crippen molar-refractivity contribution in [2.24, 2.45) is 22.3 Å². The Labute approximate surface area is 124 Å².